The zero-order valence-corrected chi connectivity index (χ0v) is 16.1. The molecule has 0 aliphatic rings. The second-order valence-electron chi connectivity index (χ2n) is 6.30. The molecule has 0 unspecified atom stereocenters. The molecule has 0 spiro atoms. The number of benzene rings is 2. The van der Waals surface area contributed by atoms with Crippen molar-refractivity contribution in [1.29, 1.82) is 0 Å². The molecule has 0 fully saturated rings. The van der Waals surface area contributed by atoms with Gasteiger partial charge in [0.15, 0.2) is 11.5 Å². The first-order valence-electron chi connectivity index (χ1n) is 9.29. The van der Waals surface area contributed by atoms with Crippen molar-refractivity contribution in [2.45, 2.75) is 19.8 Å². The number of ether oxygens (including phenoxy) is 1. The number of nitrogens with zero attached hydrogens (tertiary/aromatic N) is 2. The fraction of sp³-hybridized carbons (Fsp3) is 0.227. The Bertz CT molecular complexity index is 909. The van der Waals surface area contributed by atoms with Gasteiger partial charge in [-0.15, -0.1) is 10.2 Å². The van der Waals surface area contributed by atoms with Crippen molar-refractivity contribution in [2.24, 2.45) is 0 Å². The molecule has 144 valence electrons. The number of nitrogens with one attached hydrogen (secondary N) is 2. The number of aromatic nitrogens is 2. The van der Waals surface area contributed by atoms with Gasteiger partial charge in [0.25, 0.3) is 5.91 Å². The first kappa shape index (κ1) is 19.4. The van der Waals surface area contributed by atoms with Gasteiger partial charge >= 0.3 is 0 Å². The van der Waals surface area contributed by atoms with Gasteiger partial charge in [-0.2, -0.15) is 0 Å². The molecule has 2 N–H and O–H groups in total. The number of para-hydroxylation sites is 1. The maximum atomic E-state index is 12.3. The van der Waals surface area contributed by atoms with Crippen LogP contribution in [0.1, 0.15) is 28.5 Å². The molecule has 1 heterocycles. The van der Waals surface area contributed by atoms with Crippen LogP contribution in [0, 0.1) is 0 Å². The number of methoxy groups -OCH3 is 1. The number of amides is 1. The quantitative estimate of drug-likeness (QED) is 0.626. The van der Waals surface area contributed by atoms with Crippen molar-refractivity contribution >= 4 is 17.4 Å². The van der Waals surface area contributed by atoms with Gasteiger partial charge < -0.3 is 15.4 Å². The summed E-state index contributed by atoms with van der Waals surface area (Å²) in [7, 11) is 1.64. The van der Waals surface area contributed by atoms with E-state index in [0.717, 1.165) is 23.4 Å². The van der Waals surface area contributed by atoms with Gasteiger partial charge in [0.1, 0.15) is 5.75 Å². The molecule has 0 saturated carbocycles. The van der Waals surface area contributed by atoms with Gasteiger partial charge in [-0.25, -0.2) is 0 Å². The minimum atomic E-state index is -0.249. The number of anilines is 2. The molecule has 0 saturated heterocycles. The second-order valence-corrected chi connectivity index (χ2v) is 6.30. The molecule has 0 aliphatic carbocycles. The summed E-state index contributed by atoms with van der Waals surface area (Å²) in [6, 6.07) is 19.3. The van der Waals surface area contributed by atoms with Gasteiger partial charge in [0, 0.05) is 12.2 Å². The van der Waals surface area contributed by atoms with E-state index in [9.17, 15) is 4.79 Å². The maximum Gasteiger partial charge on any atom is 0.271 e. The summed E-state index contributed by atoms with van der Waals surface area (Å²) in [4.78, 5) is 12.3. The van der Waals surface area contributed by atoms with E-state index in [1.807, 2.05) is 36.4 Å². The summed E-state index contributed by atoms with van der Waals surface area (Å²) in [5, 5.41) is 14.2. The van der Waals surface area contributed by atoms with Crippen LogP contribution in [0.5, 0.6) is 5.75 Å². The van der Waals surface area contributed by atoms with Gasteiger partial charge in [0.2, 0.25) is 0 Å². The minimum Gasteiger partial charge on any atom is -0.496 e. The lowest BCUT2D eigenvalue weighted by Gasteiger charge is -2.09. The molecular formula is C22H24N4O2. The number of carbonyl (C=O) groups excluding carboxylic acids is 1. The average Bonchev–Trinajstić information content (AvgIpc) is 2.75. The highest BCUT2D eigenvalue weighted by Crippen LogP contribution is 2.17. The van der Waals surface area contributed by atoms with Crippen molar-refractivity contribution < 1.29 is 9.53 Å². The van der Waals surface area contributed by atoms with Crippen molar-refractivity contribution in [3.05, 3.63) is 77.5 Å². The molecule has 3 aromatic rings. The lowest BCUT2D eigenvalue weighted by Crippen LogP contribution is -2.26. The standard InChI is InChI=1S/C22H24N4O2/c1-3-16-8-10-18(11-9-16)24-21-13-12-19(25-26-21)22(27)23-15-14-17-6-4-5-7-20(17)28-2/h4-13H,3,14-15H2,1-2H3,(H,23,27)(H,24,26). The first-order valence-corrected chi connectivity index (χ1v) is 9.29. The number of aryl methyl sites for hydroxylation is 1. The van der Waals surface area contributed by atoms with Crippen molar-refractivity contribution in [3.8, 4) is 5.75 Å². The monoisotopic (exact) mass is 376 g/mol. The molecule has 0 bridgehead atoms. The van der Waals surface area contributed by atoms with Crippen molar-refractivity contribution in [1.82, 2.24) is 15.5 Å². The van der Waals surface area contributed by atoms with Crippen LogP contribution in [0.2, 0.25) is 0 Å². The molecule has 28 heavy (non-hydrogen) atoms. The molecule has 1 aromatic heterocycles. The van der Waals surface area contributed by atoms with E-state index in [0.29, 0.717) is 18.8 Å². The molecular weight excluding hydrogens is 352 g/mol. The molecule has 0 radical (unpaired) electrons. The third kappa shape index (κ3) is 5.07. The van der Waals surface area contributed by atoms with E-state index in [2.05, 4.69) is 39.9 Å². The predicted octanol–water partition coefficient (Wildman–Crippen LogP) is 3.76. The Balaban J connectivity index is 1.53. The summed E-state index contributed by atoms with van der Waals surface area (Å²) in [5.41, 5.74) is 3.54. The van der Waals surface area contributed by atoms with E-state index >= 15 is 0 Å². The summed E-state index contributed by atoms with van der Waals surface area (Å²) >= 11 is 0. The summed E-state index contributed by atoms with van der Waals surface area (Å²) in [5.74, 6) is 1.16. The molecule has 2 aromatic carbocycles. The highest BCUT2D eigenvalue weighted by atomic mass is 16.5. The highest BCUT2D eigenvalue weighted by Gasteiger charge is 2.09. The Labute approximate surface area is 165 Å². The van der Waals surface area contributed by atoms with Gasteiger partial charge in [-0.3, -0.25) is 4.79 Å². The maximum absolute atomic E-state index is 12.3. The molecule has 0 atom stereocenters. The van der Waals surface area contributed by atoms with Crippen LogP contribution < -0.4 is 15.4 Å². The lowest BCUT2D eigenvalue weighted by atomic mass is 10.1. The lowest BCUT2D eigenvalue weighted by molar-refractivity contribution is 0.0948. The van der Waals surface area contributed by atoms with Crippen LogP contribution in [-0.4, -0.2) is 29.8 Å². The number of hydrogen-bond donors (Lipinski definition) is 2. The zero-order valence-electron chi connectivity index (χ0n) is 16.1. The topological polar surface area (TPSA) is 76.1 Å². The Morgan fingerprint density at radius 1 is 1.00 bits per heavy atom. The summed E-state index contributed by atoms with van der Waals surface area (Å²) in [6.07, 6.45) is 1.68. The van der Waals surface area contributed by atoms with Crippen molar-refractivity contribution in [2.75, 3.05) is 19.0 Å². The zero-order chi connectivity index (χ0) is 19.8. The van der Waals surface area contributed by atoms with Crippen LogP contribution in [0.25, 0.3) is 0 Å². The van der Waals surface area contributed by atoms with Crippen LogP contribution in [-0.2, 0) is 12.8 Å². The van der Waals surface area contributed by atoms with Gasteiger partial charge in [0.05, 0.1) is 7.11 Å². The number of hydrogen-bond acceptors (Lipinski definition) is 5. The Kier molecular flexibility index (Phi) is 6.57. The number of carbonyl (C=O) groups is 1. The Hall–Kier alpha value is -3.41. The Morgan fingerprint density at radius 3 is 2.46 bits per heavy atom. The predicted molar refractivity (Wildman–Crippen MR) is 110 cm³/mol. The van der Waals surface area contributed by atoms with E-state index in [1.165, 1.54) is 5.56 Å². The third-order valence-corrected chi connectivity index (χ3v) is 4.40. The van der Waals surface area contributed by atoms with E-state index < -0.39 is 0 Å². The second kappa shape index (κ2) is 9.50. The van der Waals surface area contributed by atoms with Crippen LogP contribution in [0.4, 0.5) is 11.5 Å². The fourth-order valence-corrected chi connectivity index (χ4v) is 2.80. The van der Waals surface area contributed by atoms with E-state index in [4.69, 9.17) is 4.74 Å². The third-order valence-electron chi connectivity index (χ3n) is 4.40. The number of rotatable bonds is 8. The molecule has 6 nitrogen and oxygen atoms in total. The van der Waals surface area contributed by atoms with Crippen LogP contribution in [0.15, 0.2) is 60.7 Å². The molecule has 3 rings (SSSR count). The SMILES string of the molecule is CCc1ccc(Nc2ccc(C(=O)NCCc3ccccc3OC)nn2)cc1. The largest absolute Gasteiger partial charge is 0.496 e. The van der Waals surface area contributed by atoms with Crippen LogP contribution >= 0.6 is 0 Å². The van der Waals surface area contributed by atoms with Crippen molar-refractivity contribution in [3.63, 3.8) is 0 Å². The van der Waals surface area contributed by atoms with Crippen LogP contribution in [0.3, 0.4) is 0 Å². The highest BCUT2D eigenvalue weighted by molar-refractivity contribution is 5.92. The fourth-order valence-electron chi connectivity index (χ4n) is 2.80. The summed E-state index contributed by atoms with van der Waals surface area (Å²) < 4.78 is 5.32. The average molecular weight is 376 g/mol. The normalized spacial score (nSPS) is 10.4. The van der Waals surface area contributed by atoms with Gasteiger partial charge in [-0.05, 0) is 54.3 Å². The van der Waals surface area contributed by atoms with E-state index in [1.54, 1.807) is 19.2 Å². The molecule has 6 heteroatoms. The molecule has 0 aliphatic heterocycles. The minimum absolute atomic E-state index is 0.249. The smallest absolute Gasteiger partial charge is 0.271 e. The van der Waals surface area contributed by atoms with E-state index in [-0.39, 0.29) is 11.6 Å². The Morgan fingerprint density at radius 2 is 1.79 bits per heavy atom. The summed E-state index contributed by atoms with van der Waals surface area (Å²) in [6.45, 7) is 2.61. The molecule has 1 amide bonds. The first-order chi connectivity index (χ1) is 13.7. The van der Waals surface area contributed by atoms with Gasteiger partial charge in [-0.1, -0.05) is 37.3 Å².